The fourth-order valence-corrected chi connectivity index (χ4v) is 4.55. The van der Waals surface area contributed by atoms with Gasteiger partial charge < -0.3 is 14.4 Å². The van der Waals surface area contributed by atoms with E-state index in [1.165, 1.54) is 0 Å². The smallest absolute Gasteiger partial charge is 0.227 e. The average Bonchev–Trinajstić information content (AvgIpc) is 2.84. The van der Waals surface area contributed by atoms with Gasteiger partial charge in [0.05, 0.1) is 18.2 Å². The maximum atomic E-state index is 13.1. The van der Waals surface area contributed by atoms with Crippen LogP contribution in [0.1, 0.15) is 46.7 Å². The number of hydrogen-bond acceptors (Lipinski definition) is 5. The number of aromatic nitrogens is 2. The van der Waals surface area contributed by atoms with E-state index in [4.69, 9.17) is 4.52 Å². The third kappa shape index (κ3) is 3.28. The molecule has 3 saturated heterocycles. The van der Waals surface area contributed by atoms with Crippen molar-refractivity contribution >= 4 is 5.91 Å². The number of aromatic amines is 1. The highest BCUT2D eigenvalue weighted by Crippen LogP contribution is 2.32. The molecule has 2 aromatic rings. The van der Waals surface area contributed by atoms with Crippen molar-refractivity contribution < 1.29 is 9.32 Å². The monoisotopic (exact) mass is 384 g/mol. The molecule has 5 heterocycles. The molecule has 3 aliphatic rings. The molecular formula is C21H28N4O3. The van der Waals surface area contributed by atoms with E-state index in [9.17, 15) is 9.59 Å². The van der Waals surface area contributed by atoms with E-state index < -0.39 is 0 Å². The highest BCUT2D eigenvalue weighted by atomic mass is 16.5. The predicted octanol–water partition coefficient (Wildman–Crippen LogP) is 2.22. The molecule has 0 saturated carbocycles. The normalized spacial score (nSPS) is 22.7. The summed E-state index contributed by atoms with van der Waals surface area (Å²) in [7, 11) is 0. The molecule has 0 unspecified atom stereocenters. The van der Waals surface area contributed by atoms with Crippen LogP contribution < -0.4 is 5.43 Å². The summed E-state index contributed by atoms with van der Waals surface area (Å²) in [5, 5.41) is 4.03. The second-order valence-electron chi connectivity index (χ2n) is 8.30. The third-order valence-electron chi connectivity index (χ3n) is 6.37. The zero-order chi connectivity index (χ0) is 20.0. The molecule has 28 heavy (non-hydrogen) atoms. The standard InChI is InChI=1S/C21H28N4O3/c1-12-7-22-19(13(2)20(12)26)11-24-8-16-5-6-17(9-24)25(21(16)27)10-18-14(3)23-28-15(18)4/h7,16-17H,5-6,8-11H2,1-4H3,(H,22,26)/t16-,17+/m1/s1. The van der Waals surface area contributed by atoms with Crippen LogP contribution in [0.2, 0.25) is 0 Å². The van der Waals surface area contributed by atoms with Gasteiger partial charge >= 0.3 is 0 Å². The van der Waals surface area contributed by atoms with Gasteiger partial charge in [-0.3, -0.25) is 14.5 Å². The first-order valence-corrected chi connectivity index (χ1v) is 9.97. The van der Waals surface area contributed by atoms with E-state index in [0.29, 0.717) is 13.1 Å². The fraction of sp³-hybridized carbons (Fsp3) is 0.571. The van der Waals surface area contributed by atoms with E-state index in [2.05, 4.69) is 15.0 Å². The van der Waals surface area contributed by atoms with Crippen molar-refractivity contribution in [2.45, 2.75) is 59.7 Å². The Morgan fingerprint density at radius 1 is 1.14 bits per heavy atom. The Balaban J connectivity index is 1.55. The number of carbonyl (C=O) groups excluding carboxylic acids is 1. The average molecular weight is 384 g/mol. The lowest BCUT2D eigenvalue weighted by atomic mass is 9.93. The van der Waals surface area contributed by atoms with Gasteiger partial charge in [-0.1, -0.05) is 5.16 Å². The van der Waals surface area contributed by atoms with Crippen molar-refractivity contribution in [1.82, 2.24) is 19.9 Å². The lowest BCUT2D eigenvalue weighted by Crippen LogP contribution is -2.47. The Bertz CT molecular complexity index is 942. The Kier molecular flexibility index (Phi) is 4.87. The van der Waals surface area contributed by atoms with Crippen LogP contribution in [0.3, 0.4) is 0 Å². The summed E-state index contributed by atoms with van der Waals surface area (Å²) in [4.78, 5) is 33.0. The van der Waals surface area contributed by atoms with Crippen LogP contribution in [0.25, 0.3) is 0 Å². The summed E-state index contributed by atoms with van der Waals surface area (Å²) in [6.07, 6.45) is 3.73. The van der Waals surface area contributed by atoms with Crippen LogP contribution in [-0.4, -0.2) is 45.0 Å². The van der Waals surface area contributed by atoms with Crippen molar-refractivity contribution in [3.8, 4) is 0 Å². The molecule has 0 spiro atoms. The largest absolute Gasteiger partial charge is 0.363 e. The van der Waals surface area contributed by atoms with Crippen LogP contribution in [-0.2, 0) is 17.9 Å². The highest BCUT2D eigenvalue weighted by Gasteiger charge is 2.41. The molecule has 7 nitrogen and oxygen atoms in total. The molecule has 5 rings (SSSR count). The van der Waals surface area contributed by atoms with E-state index in [-0.39, 0.29) is 23.3 Å². The van der Waals surface area contributed by atoms with Crippen molar-refractivity contribution in [3.05, 3.63) is 50.3 Å². The quantitative estimate of drug-likeness (QED) is 0.874. The first-order chi connectivity index (χ1) is 13.3. The van der Waals surface area contributed by atoms with Gasteiger partial charge in [0.15, 0.2) is 5.43 Å². The van der Waals surface area contributed by atoms with Gasteiger partial charge in [0.2, 0.25) is 5.91 Å². The second-order valence-corrected chi connectivity index (χ2v) is 8.30. The third-order valence-corrected chi connectivity index (χ3v) is 6.37. The summed E-state index contributed by atoms with van der Waals surface area (Å²) in [5.41, 5.74) is 4.43. The number of pyridine rings is 1. The Morgan fingerprint density at radius 3 is 2.64 bits per heavy atom. The number of piperidine rings is 1. The van der Waals surface area contributed by atoms with E-state index in [0.717, 1.165) is 59.8 Å². The summed E-state index contributed by atoms with van der Waals surface area (Å²) in [6.45, 7) is 10.3. The molecule has 3 fully saturated rings. The Hall–Kier alpha value is -2.41. The number of aryl methyl sites for hydroxylation is 3. The predicted molar refractivity (Wildman–Crippen MR) is 105 cm³/mol. The van der Waals surface area contributed by atoms with Gasteiger partial charge in [0.1, 0.15) is 5.76 Å². The van der Waals surface area contributed by atoms with Gasteiger partial charge in [-0.15, -0.1) is 0 Å². The molecule has 1 N–H and O–H groups in total. The molecule has 2 bridgehead atoms. The van der Waals surface area contributed by atoms with Gasteiger partial charge in [0.25, 0.3) is 0 Å². The molecule has 0 aliphatic carbocycles. The minimum atomic E-state index is 0.0108. The minimum Gasteiger partial charge on any atom is -0.363 e. The van der Waals surface area contributed by atoms with Crippen LogP contribution in [0, 0.1) is 33.6 Å². The Morgan fingerprint density at radius 2 is 1.93 bits per heavy atom. The number of nitrogens with zero attached hydrogens (tertiary/aromatic N) is 3. The summed E-state index contributed by atoms with van der Waals surface area (Å²) < 4.78 is 5.29. The summed E-state index contributed by atoms with van der Waals surface area (Å²) in [5.74, 6) is 1.03. The molecule has 1 amide bonds. The molecule has 2 aromatic heterocycles. The molecule has 0 radical (unpaired) electrons. The van der Waals surface area contributed by atoms with Gasteiger partial charge in [-0.05, 0) is 40.5 Å². The minimum absolute atomic E-state index is 0.0108. The zero-order valence-electron chi connectivity index (χ0n) is 17.0. The maximum Gasteiger partial charge on any atom is 0.227 e. The lowest BCUT2D eigenvalue weighted by molar-refractivity contribution is -0.140. The van der Waals surface area contributed by atoms with Gasteiger partial charge in [-0.25, -0.2) is 0 Å². The van der Waals surface area contributed by atoms with E-state index >= 15 is 0 Å². The molecule has 0 aromatic carbocycles. The summed E-state index contributed by atoms with van der Waals surface area (Å²) in [6, 6.07) is 0.178. The molecule has 3 aliphatic heterocycles. The molecule has 2 atom stereocenters. The van der Waals surface area contributed by atoms with Crippen molar-refractivity contribution in [1.29, 1.82) is 0 Å². The summed E-state index contributed by atoms with van der Waals surface area (Å²) >= 11 is 0. The number of hydrogen-bond donors (Lipinski definition) is 1. The number of fused-ring (bicyclic) bond motifs is 4. The zero-order valence-corrected chi connectivity index (χ0v) is 17.0. The number of amides is 1. The second kappa shape index (κ2) is 7.20. The van der Waals surface area contributed by atoms with Crippen molar-refractivity contribution in [2.24, 2.45) is 5.92 Å². The topological polar surface area (TPSA) is 82.4 Å². The number of H-pyrrole nitrogens is 1. The number of rotatable bonds is 4. The van der Waals surface area contributed by atoms with E-state index in [1.54, 1.807) is 6.20 Å². The van der Waals surface area contributed by atoms with Crippen molar-refractivity contribution in [2.75, 3.05) is 13.1 Å². The van der Waals surface area contributed by atoms with Crippen LogP contribution in [0.5, 0.6) is 0 Å². The van der Waals surface area contributed by atoms with Crippen molar-refractivity contribution in [3.63, 3.8) is 0 Å². The highest BCUT2D eigenvalue weighted by molar-refractivity contribution is 5.80. The Labute approximate surface area is 164 Å². The first-order valence-electron chi connectivity index (χ1n) is 9.97. The van der Waals surface area contributed by atoms with Crippen LogP contribution in [0.15, 0.2) is 15.5 Å². The number of carbonyl (C=O) groups is 1. The first kappa shape index (κ1) is 18.9. The molecular weight excluding hydrogens is 356 g/mol. The maximum absolute atomic E-state index is 13.1. The van der Waals surface area contributed by atoms with Gasteiger partial charge in [-0.2, -0.15) is 0 Å². The van der Waals surface area contributed by atoms with Crippen LogP contribution in [0.4, 0.5) is 0 Å². The molecule has 7 heteroatoms. The fourth-order valence-electron chi connectivity index (χ4n) is 4.55. The molecule has 150 valence electrons. The van der Waals surface area contributed by atoms with Crippen LogP contribution >= 0.6 is 0 Å². The van der Waals surface area contributed by atoms with E-state index in [1.807, 2.05) is 32.6 Å². The lowest BCUT2D eigenvalue weighted by Gasteiger charge is -2.36. The SMILES string of the molecule is Cc1noc(C)c1CN1C(=O)[C@@H]2CC[C@H]1CN(Cc1[nH]cc(C)c(=O)c1C)C2. The van der Waals surface area contributed by atoms with Gasteiger partial charge in [0, 0.05) is 54.3 Å². The number of nitrogens with one attached hydrogen (secondary N) is 1.